The molecule has 2 rings (SSSR count). The first-order chi connectivity index (χ1) is 8.14. The predicted octanol–water partition coefficient (Wildman–Crippen LogP) is 1.34. The van der Waals surface area contributed by atoms with Crippen LogP contribution < -0.4 is 10.6 Å². The summed E-state index contributed by atoms with van der Waals surface area (Å²) >= 11 is 1.93. The van der Waals surface area contributed by atoms with E-state index in [0.717, 1.165) is 19.4 Å². The predicted molar refractivity (Wildman–Crippen MR) is 70.2 cm³/mol. The second-order valence-corrected chi connectivity index (χ2v) is 6.73. The number of hydrogen-bond donors (Lipinski definition) is 3. The van der Waals surface area contributed by atoms with Crippen molar-refractivity contribution in [3.05, 3.63) is 0 Å². The van der Waals surface area contributed by atoms with Crippen LogP contribution in [-0.2, 0) is 0 Å². The quantitative estimate of drug-likeness (QED) is 0.697. The number of thioether (sulfide) groups is 1. The third-order valence-corrected chi connectivity index (χ3v) is 5.12. The molecule has 3 N–H and O–H groups in total. The van der Waals surface area contributed by atoms with Crippen molar-refractivity contribution < 1.29 is 9.90 Å². The van der Waals surface area contributed by atoms with E-state index in [0.29, 0.717) is 11.2 Å². The van der Waals surface area contributed by atoms with Gasteiger partial charge >= 0.3 is 6.03 Å². The molecule has 0 aromatic carbocycles. The van der Waals surface area contributed by atoms with Crippen molar-refractivity contribution in [1.29, 1.82) is 0 Å². The van der Waals surface area contributed by atoms with E-state index in [1.54, 1.807) is 0 Å². The molecule has 0 radical (unpaired) electrons. The molecule has 2 atom stereocenters. The maximum absolute atomic E-state index is 11.8. The van der Waals surface area contributed by atoms with Crippen LogP contribution in [0.3, 0.4) is 0 Å². The van der Waals surface area contributed by atoms with Crippen LogP contribution in [0.1, 0.15) is 32.6 Å². The van der Waals surface area contributed by atoms with Gasteiger partial charge in [0.2, 0.25) is 0 Å². The second-order valence-electron chi connectivity index (χ2n) is 5.32. The average molecular weight is 258 g/mol. The average Bonchev–Trinajstić information content (AvgIpc) is 3.05. The van der Waals surface area contributed by atoms with Gasteiger partial charge in [-0.15, -0.1) is 0 Å². The van der Waals surface area contributed by atoms with Gasteiger partial charge in [0.15, 0.2) is 0 Å². The van der Waals surface area contributed by atoms with Gasteiger partial charge in [0.05, 0.1) is 12.1 Å². The third kappa shape index (κ3) is 3.52. The van der Waals surface area contributed by atoms with Gasteiger partial charge in [-0.05, 0) is 44.3 Å². The van der Waals surface area contributed by atoms with Gasteiger partial charge in [0, 0.05) is 11.8 Å². The first-order valence-corrected chi connectivity index (χ1v) is 7.47. The molecule has 2 fully saturated rings. The van der Waals surface area contributed by atoms with Gasteiger partial charge in [-0.2, -0.15) is 11.8 Å². The molecule has 1 aliphatic heterocycles. The molecule has 1 heterocycles. The lowest BCUT2D eigenvalue weighted by Gasteiger charge is -2.29. The standard InChI is InChI=1S/C12H22N2O2S/c1-12(8-15,9-4-5-9)14-11(16)13-7-10-3-2-6-17-10/h9-10,15H,2-8H2,1H3,(H2,13,14,16). The summed E-state index contributed by atoms with van der Waals surface area (Å²) in [5.41, 5.74) is -0.438. The number of rotatable bonds is 5. The van der Waals surface area contributed by atoms with E-state index in [4.69, 9.17) is 0 Å². The Morgan fingerprint density at radius 1 is 1.47 bits per heavy atom. The minimum Gasteiger partial charge on any atom is -0.394 e. The monoisotopic (exact) mass is 258 g/mol. The Morgan fingerprint density at radius 3 is 2.76 bits per heavy atom. The number of carbonyl (C=O) groups is 1. The van der Waals surface area contributed by atoms with Gasteiger partial charge in [-0.25, -0.2) is 4.79 Å². The lowest BCUT2D eigenvalue weighted by atomic mass is 9.97. The summed E-state index contributed by atoms with van der Waals surface area (Å²) in [5, 5.41) is 15.8. The van der Waals surface area contributed by atoms with E-state index in [1.807, 2.05) is 18.7 Å². The number of hydrogen-bond acceptors (Lipinski definition) is 3. The van der Waals surface area contributed by atoms with Crippen LogP contribution in [0.5, 0.6) is 0 Å². The highest BCUT2D eigenvalue weighted by molar-refractivity contribution is 8.00. The highest BCUT2D eigenvalue weighted by Crippen LogP contribution is 2.39. The molecular weight excluding hydrogens is 236 g/mol. The summed E-state index contributed by atoms with van der Waals surface area (Å²) in [6, 6.07) is -0.138. The van der Waals surface area contributed by atoms with Gasteiger partial charge in [-0.1, -0.05) is 0 Å². The molecule has 98 valence electrons. The minimum absolute atomic E-state index is 0.0171. The van der Waals surface area contributed by atoms with Crippen molar-refractivity contribution in [2.75, 3.05) is 18.9 Å². The lowest BCUT2D eigenvalue weighted by Crippen LogP contribution is -2.54. The maximum atomic E-state index is 11.8. The molecule has 2 aliphatic rings. The second kappa shape index (κ2) is 5.48. The van der Waals surface area contributed by atoms with Gasteiger partial charge < -0.3 is 15.7 Å². The van der Waals surface area contributed by atoms with Crippen molar-refractivity contribution in [3.63, 3.8) is 0 Å². The summed E-state index contributed by atoms with van der Waals surface area (Å²) in [7, 11) is 0. The molecule has 5 heteroatoms. The van der Waals surface area contributed by atoms with Crippen molar-refractivity contribution in [1.82, 2.24) is 10.6 Å². The summed E-state index contributed by atoms with van der Waals surface area (Å²) < 4.78 is 0. The molecule has 0 bridgehead atoms. The molecule has 1 saturated carbocycles. The lowest BCUT2D eigenvalue weighted by molar-refractivity contribution is 0.155. The molecule has 0 aromatic rings. The maximum Gasteiger partial charge on any atom is 0.315 e. The summed E-state index contributed by atoms with van der Waals surface area (Å²) in [6.07, 6.45) is 4.67. The number of carbonyl (C=O) groups excluding carboxylic acids is 1. The van der Waals surface area contributed by atoms with Crippen molar-refractivity contribution >= 4 is 17.8 Å². The molecule has 1 saturated heterocycles. The highest BCUT2D eigenvalue weighted by Gasteiger charge is 2.42. The zero-order valence-corrected chi connectivity index (χ0v) is 11.2. The molecule has 0 aromatic heterocycles. The Kier molecular flexibility index (Phi) is 4.20. The van der Waals surface area contributed by atoms with E-state index in [9.17, 15) is 9.90 Å². The zero-order chi connectivity index (χ0) is 12.3. The largest absolute Gasteiger partial charge is 0.394 e. The van der Waals surface area contributed by atoms with Crippen molar-refractivity contribution in [2.45, 2.75) is 43.4 Å². The fraction of sp³-hybridized carbons (Fsp3) is 0.917. The van der Waals surface area contributed by atoms with E-state index in [-0.39, 0.29) is 12.6 Å². The fourth-order valence-corrected chi connectivity index (χ4v) is 3.51. The molecule has 17 heavy (non-hydrogen) atoms. The van der Waals surface area contributed by atoms with Crippen LogP contribution in [0.15, 0.2) is 0 Å². The summed E-state index contributed by atoms with van der Waals surface area (Å²) in [5.74, 6) is 1.66. The third-order valence-electron chi connectivity index (χ3n) is 3.72. The zero-order valence-electron chi connectivity index (χ0n) is 10.4. The SMILES string of the molecule is CC(CO)(NC(=O)NCC1CCCS1)C1CC1. The highest BCUT2D eigenvalue weighted by atomic mass is 32.2. The molecule has 0 spiro atoms. The van der Waals surface area contributed by atoms with Gasteiger partial charge in [-0.3, -0.25) is 0 Å². The number of amides is 2. The van der Waals surface area contributed by atoms with E-state index in [2.05, 4.69) is 10.6 Å². The van der Waals surface area contributed by atoms with E-state index in [1.165, 1.54) is 18.6 Å². The Balaban J connectivity index is 1.71. The van der Waals surface area contributed by atoms with Crippen LogP contribution in [-0.4, -0.2) is 40.8 Å². The topological polar surface area (TPSA) is 61.4 Å². The van der Waals surface area contributed by atoms with Crippen LogP contribution in [0.4, 0.5) is 4.79 Å². The molecular formula is C12H22N2O2S. The normalized spacial score (nSPS) is 27.5. The number of nitrogens with one attached hydrogen (secondary N) is 2. The van der Waals surface area contributed by atoms with Gasteiger partial charge in [0.1, 0.15) is 0 Å². The summed E-state index contributed by atoms with van der Waals surface area (Å²) in [6.45, 7) is 2.68. The number of urea groups is 1. The molecule has 4 nitrogen and oxygen atoms in total. The molecule has 2 unspecified atom stereocenters. The Morgan fingerprint density at radius 2 is 2.24 bits per heavy atom. The smallest absolute Gasteiger partial charge is 0.315 e. The number of aliphatic hydroxyl groups excluding tert-OH is 1. The Labute approximate surface area is 107 Å². The van der Waals surface area contributed by atoms with Crippen molar-refractivity contribution in [3.8, 4) is 0 Å². The van der Waals surface area contributed by atoms with Crippen molar-refractivity contribution in [2.24, 2.45) is 5.92 Å². The van der Waals surface area contributed by atoms with Crippen LogP contribution in [0.25, 0.3) is 0 Å². The van der Waals surface area contributed by atoms with E-state index >= 15 is 0 Å². The Hall–Kier alpha value is -0.420. The molecule has 2 amide bonds. The number of aliphatic hydroxyl groups is 1. The van der Waals surface area contributed by atoms with E-state index < -0.39 is 5.54 Å². The van der Waals surface area contributed by atoms with Crippen LogP contribution >= 0.6 is 11.8 Å². The van der Waals surface area contributed by atoms with Crippen LogP contribution in [0.2, 0.25) is 0 Å². The van der Waals surface area contributed by atoms with Gasteiger partial charge in [0.25, 0.3) is 0 Å². The fourth-order valence-electron chi connectivity index (χ4n) is 2.31. The first kappa shape index (κ1) is 13.0. The first-order valence-electron chi connectivity index (χ1n) is 6.42. The minimum atomic E-state index is -0.438. The molecule has 1 aliphatic carbocycles. The Bertz CT molecular complexity index is 278. The van der Waals surface area contributed by atoms with Crippen LogP contribution in [0, 0.1) is 5.92 Å². The summed E-state index contributed by atoms with van der Waals surface area (Å²) in [4.78, 5) is 11.8.